The summed E-state index contributed by atoms with van der Waals surface area (Å²) in [6, 6.07) is -0.536. The molecule has 3 aliphatic rings. The van der Waals surface area contributed by atoms with Crippen LogP contribution >= 0.6 is 0 Å². The van der Waals surface area contributed by atoms with E-state index in [4.69, 9.17) is 0 Å². The number of likely N-dealkylation sites (tertiary alicyclic amines) is 1. The smallest absolute Gasteiger partial charge is 0.244 e. The molecule has 1 aliphatic carbocycles. The molecule has 0 aromatic rings. The molecule has 3 atom stereocenters. The van der Waals surface area contributed by atoms with Gasteiger partial charge in [0.15, 0.2) is 0 Å². The fourth-order valence-corrected chi connectivity index (χ4v) is 4.56. The molecule has 3 rings (SSSR count). The van der Waals surface area contributed by atoms with Gasteiger partial charge in [0.2, 0.25) is 17.7 Å². The summed E-state index contributed by atoms with van der Waals surface area (Å²) in [7, 11) is 0. The molecule has 2 saturated heterocycles. The molecular formula is C20H34N4O3. The van der Waals surface area contributed by atoms with E-state index in [0.29, 0.717) is 13.1 Å². The Balaban J connectivity index is 1.42. The van der Waals surface area contributed by atoms with Crippen LogP contribution in [0.25, 0.3) is 0 Å². The van der Waals surface area contributed by atoms with Crippen LogP contribution in [-0.2, 0) is 14.4 Å². The fraction of sp³-hybridized carbons (Fsp3) is 0.850. The van der Waals surface area contributed by atoms with Crippen LogP contribution in [0.4, 0.5) is 0 Å². The van der Waals surface area contributed by atoms with E-state index in [0.717, 1.165) is 64.5 Å². The summed E-state index contributed by atoms with van der Waals surface area (Å²) in [5.74, 6) is 0.459. The van der Waals surface area contributed by atoms with Crippen LogP contribution in [0, 0.1) is 11.8 Å². The molecule has 3 fully saturated rings. The highest BCUT2D eigenvalue weighted by Crippen LogP contribution is 2.25. The average Bonchev–Trinajstić information content (AvgIpc) is 3.39. The zero-order valence-electron chi connectivity index (χ0n) is 16.5. The van der Waals surface area contributed by atoms with Crippen molar-refractivity contribution in [1.82, 2.24) is 20.9 Å². The summed E-state index contributed by atoms with van der Waals surface area (Å²) in [6.45, 7) is 4.70. The molecule has 2 heterocycles. The molecule has 3 unspecified atom stereocenters. The minimum absolute atomic E-state index is 0.00478. The molecule has 0 aromatic heterocycles. The van der Waals surface area contributed by atoms with Crippen molar-refractivity contribution >= 4 is 17.7 Å². The van der Waals surface area contributed by atoms with Gasteiger partial charge in [-0.25, -0.2) is 0 Å². The van der Waals surface area contributed by atoms with Gasteiger partial charge in [0.1, 0.15) is 6.04 Å². The van der Waals surface area contributed by atoms with E-state index in [9.17, 15) is 14.4 Å². The van der Waals surface area contributed by atoms with Crippen molar-refractivity contribution in [2.24, 2.45) is 11.8 Å². The summed E-state index contributed by atoms with van der Waals surface area (Å²) in [5, 5.41) is 9.17. The van der Waals surface area contributed by atoms with Gasteiger partial charge in [-0.2, -0.15) is 0 Å². The van der Waals surface area contributed by atoms with Crippen LogP contribution in [0.15, 0.2) is 0 Å². The number of amides is 3. The van der Waals surface area contributed by atoms with E-state index < -0.39 is 6.04 Å². The standard InChI is InChI=1S/C20H34N4O3/c1-14(23-18(25)16-7-2-3-8-16)20(27)24-11-5-6-15(13-24)12-22-19(26)17-9-4-10-21-17/h14-17,21H,2-13H2,1H3,(H,22,26)(H,23,25). The number of nitrogens with zero attached hydrogens (tertiary/aromatic N) is 1. The Bertz CT molecular complexity index is 541. The molecule has 27 heavy (non-hydrogen) atoms. The topological polar surface area (TPSA) is 90.5 Å². The second-order valence-corrected chi connectivity index (χ2v) is 8.40. The summed E-state index contributed by atoms with van der Waals surface area (Å²) >= 11 is 0. The summed E-state index contributed by atoms with van der Waals surface area (Å²) < 4.78 is 0. The third-order valence-corrected chi connectivity index (χ3v) is 6.23. The first-order valence-electron chi connectivity index (χ1n) is 10.6. The molecule has 0 aromatic carbocycles. The Morgan fingerprint density at radius 2 is 1.81 bits per heavy atom. The van der Waals surface area contributed by atoms with Crippen LogP contribution in [0.1, 0.15) is 58.3 Å². The lowest BCUT2D eigenvalue weighted by Gasteiger charge is -2.34. The van der Waals surface area contributed by atoms with E-state index in [1.807, 2.05) is 4.90 Å². The second-order valence-electron chi connectivity index (χ2n) is 8.40. The zero-order valence-corrected chi connectivity index (χ0v) is 16.5. The first kappa shape index (κ1) is 20.1. The van der Waals surface area contributed by atoms with Gasteiger partial charge >= 0.3 is 0 Å². The Morgan fingerprint density at radius 3 is 2.52 bits per heavy atom. The normalized spacial score (nSPS) is 27.4. The highest BCUT2D eigenvalue weighted by molar-refractivity contribution is 5.88. The second kappa shape index (κ2) is 9.53. The van der Waals surface area contributed by atoms with Gasteiger partial charge < -0.3 is 20.9 Å². The van der Waals surface area contributed by atoms with Gasteiger partial charge in [-0.3, -0.25) is 14.4 Å². The van der Waals surface area contributed by atoms with Crippen molar-refractivity contribution < 1.29 is 14.4 Å². The lowest BCUT2D eigenvalue weighted by atomic mass is 9.97. The molecule has 1 saturated carbocycles. The van der Waals surface area contributed by atoms with Crippen molar-refractivity contribution in [3.05, 3.63) is 0 Å². The number of nitrogens with one attached hydrogen (secondary N) is 3. The van der Waals surface area contributed by atoms with Crippen LogP contribution < -0.4 is 16.0 Å². The van der Waals surface area contributed by atoms with Gasteiger partial charge in [0, 0.05) is 25.6 Å². The van der Waals surface area contributed by atoms with E-state index in [-0.39, 0.29) is 35.6 Å². The van der Waals surface area contributed by atoms with E-state index in [2.05, 4.69) is 16.0 Å². The molecule has 3 amide bonds. The molecule has 0 spiro atoms. The zero-order chi connectivity index (χ0) is 19.2. The lowest BCUT2D eigenvalue weighted by molar-refractivity contribution is -0.138. The molecule has 7 nitrogen and oxygen atoms in total. The van der Waals surface area contributed by atoms with Crippen LogP contribution in [0.5, 0.6) is 0 Å². The molecule has 2 aliphatic heterocycles. The maximum Gasteiger partial charge on any atom is 0.244 e. The quantitative estimate of drug-likeness (QED) is 0.637. The highest BCUT2D eigenvalue weighted by atomic mass is 16.2. The van der Waals surface area contributed by atoms with Gasteiger partial charge in [-0.1, -0.05) is 12.8 Å². The Labute approximate surface area is 162 Å². The largest absolute Gasteiger partial charge is 0.354 e. The summed E-state index contributed by atoms with van der Waals surface area (Å²) in [5.41, 5.74) is 0. The fourth-order valence-electron chi connectivity index (χ4n) is 4.56. The van der Waals surface area contributed by atoms with Crippen molar-refractivity contribution in [2.45, 2.75) is 70.4 Å². The maximum absolute atomic E-state index is 12.8. The van der Waals surface area contributed by atoms with E-state index in [1.165, 1.54) is 0 Å². The minimum Gasteiger partial charge on any atom is -0.354 e. The van der Waals surface area contributed by atoms with Crippen LogP contribution in [-0.4, -0.2) is 60.9 Å². The first-order chi connectivity index (χ1) is 13.0. The number of carbonyl (C=O) groups excluding carboxylic acids is 3. The van der Waals surface area contributed by atoms with Crippen LogP contribution in [0.3, 0.4) is 0 Å². The molecule has 3 N–H and O–H groups in total. The monoisotopic (exact) mass is 378 g/mol. The molecular weight excluding hydrogens is 344 g/mol. The van der Waals surface area contributed by atoms with E-state index in [1.54, 1.807) is 6.92 Å². The predicted molar refractivity (Wildman–Crippen MR) is 103 cm³/mol. The van der Waals surface area contributed by atoms with Crippen molar-refractivity contribution in [3.63, 3.8) is 0 Å². The van der Waals surface area contributed by atoms with Crippen molar-refractivity contribution in [1.29, 1.82) is 0 Å². The molecule has 7 heteroatoms. The number of carbonyl (C=O) groups is 3. The summed E-state index contributed by atoms with van der Waals surface area (Å²) in [6.07, 6.45) is 8.00. The average molecular weight is 379 g/mol. The van der Waals surface area contributed by atoms with Gasteiger partial charge in [-0.05, 0) is 57.9 Å². The van der Waals surface area contributed by atoms with Gasteiger partial charge in [-0.15, -0.1) is 0 Å². The van der Waals surface area contributed by atoms with Crippen LogP contribution in [0.2, 0.25) is 0 Å². The Hall–Kier alpha value is -1.63. The van der Waals surface area contributed by atoms with Gasteiger partial charge in [0.05, 0.1) is 6.04 Å². The van der Waals surface area contributed by atoms with Gasteiger partial charge in [0.25, 0.3) is 0 Å². The Morgan fingerprint density at radius 1 is 1.04 bits per heavy atom. The lowest BCUT2D eigenvalue weighted by Crippen LogP contribution is -2.52. The Kier molecular flexibility index (Phi) is 7.10. The summed E-state index contributed by atoms with van der Waals surface area (Å²) in [4.78, 5) is 39.0. The molecule has 152 valence electrons. The number of rotatable bonds is 6. The van der Waals surface area contributed by atoms with Crippen molar-refractivity contribution in [3.8, 4) is 0 Å². The third-order valence-electron chi connectivity index (χ3n) is 6.23. The van der Waals surface area contributed by atoms with E-state index >= 15 is 0 Å². The molecule has 0 bridgehead atoms. The first-order valence-corrected chi connectivity index (χ1v) is 10.6. The highest BCUT2D eigenvalue weighted by Gasteiger charge is 2.30. The maximum atomic E-state index is 12.8. The minimum atomic E-state index is -0.478. The van der Waals surface area contributed by atoms with Crippen molar-refractivity contribution in [2.75, 3.05) is 26.2 Å². The SMILES string of the molecule is CC(NC(=O)C1CCCC1)C(=O)N1CCCC(CNC(=O)C2CCCN2)C1. The predicted octanol–water partition coefficient (Wildman–Crippen LogP) is 0.788. The third kappa shape index (κ3) is 5.43. The number of hydrogen-bond donors (Lipinski definition) is 3. The number of piperidine rings is 1. The number of hydrogen-bond acceptors (Lipinski definition) is 4. The molecule has 0 radical (unpaired) electrons.